The van der Waals surface area contributed by atoms with E-state index in [1.807, 2.05) is 0 Å². The molecule has 8 nitrogen and oxygen atoms in total. The van der Waals surface area contributed by atoms with E-state index >= 15 is 0 Å². The van der Waals surface area contributed by atoms with Gasteiger partial charge in [0.2, 0.25) is 11.7 Å². The Balaban J connectivity index is 2.07. The summed E-state index contributed by atoms with van der Waals surface area (Å²) in [5.41, 5.74) is 0.206. The van der Waals surface area contributed by atoms with Crippen LogP contribution in [-0.4, -0.2) is 29.2 Å². The van der Waals surface area contributed by atoms with Crippen molar-refractivity contribution in [1.82, 2.24) is 0 Å². The van der Waals surface area contributed by atoms with Crippen LogP contribution in [-0.2, 0) is 9.53 Å². The van der Waals surface area contributed by atoms with Crippen molar-refractivity contribution in [3.8, 4) is 0 Å². The molecule has 0 radical (unpaired) electrons. The highest BCUT2D eigenvalue weighted by Gasteiger charge is 2.17. The minimum atomic E-state index is -0.789. The molecule has 0 aliphatic carbocycles. The number of benzene rings is 2. The molecule has 0 bridgehead atoms. The van der Waals surface area contributed by atoms with Crippen LogP contribution in [0.1, 0.15) is 27.6 Å². The van der Waals surface area contributed by atoms with Gasteiger partial charge in [0.15, 0.2) is 6.61 Å². The van der Waals surface area contributed by atoms with E-state index in [-0.39, 0.29) is 28.4 Å². The number of hydrogen-bond donors (Lipinski definition) is 1. The average Bonchev–Trinajstić information content (AvgIpc) is 2.59. The van der Waals surface area contributed by atoms with Crippen LogP contribution in [0.5, 0.6) is 0 Å². The largest absolute Gasteiger partial charge is 0.454 e. The maximum Gasteiger partial charge on any atom is 0.340 e. The van der Waals surface area contributed by atoms with Gasteiger partial charge in [0.05, 0.1) is 16.2 Å². The third-order valence-electron chi connectivity index (χ3n) is 3.17. The predicted molar refractivity (Wildman–Crippen MR) is 88.5 cm³/mol. The third-order valence-corrected chi connectivity index (χ3v) is 3.17. The minimum absolute atomic E-state index is 0.0668. The number of carbonyl (C=O) groups is 3. The number of hydrogen-bond acceptors (Lipinski definition) is 6. The Kier molecular flexibility index (Phi) is 5.57. The van der Waals surface area contributed by atoms with Gasteiger partial charge in [0.25, 0.3) is 5.69 Å². The van der Waals surface area contributed by atoms with Crippen molar-refractivity contribution < 1.29 is 24.0 Å². The number of non-ortho nitro benzene ring substituents is 1. The second-order valence-corrected chi connectivity index (χ2v) is 5.03. The Morgan fingerprint density at radius 1 is 1.12 bits per heavy atom. The Morgan fingerprint density at radius 2 is 1.84 bits per heavy atom. The van der Waals surface area contributed by atoms with Crippen LogP contribution < -0.4 is 5.32 Å². The number of Topliss-reactive ketones (excluding diaryl/α,β-unsaturated/α-hetero) is 1. The van der Waals surface area contributed by atoms with Gasteiger partial charge in [-0.15, -0.1) is 0 Å². The highest BCUT2D eigenvalue weighted by Crippen LogP contribution is 2.17. The van der Waals surface area contributed by atoms with E-state index in [2.05, 4.69) is 5.32 Å². The molecule has 0 saturated heterocycles. The predicted octanol–water partition coefficient (Wildman–Crippen LogP) is 2.59. The quantitative estimate of drug-likeness (QED) is 0.373. The number of nitro groups is 1. The number of nitrogens with one attached hydrogen (secondary N) is 1. The van der Waals surface area contributed by atoms with Crippen LogP contribution in [0.3, 0.4) is 0 Å². The van der Waals surface area contributed by atoms with Gasteiger partial charge in [0, 0.05) is 24.6 Å². The molecule has 0 atom stereocenters. The van der Waals surface area contributed by atoms with Crippen molar-refractivity contribution in [2.24, 2.45) is 0 Å². The summed E-state index contributed by atoms with van der Waals surface area (Å²) in [6.45, 7) is 0.725. The number of rotatable bonds is 6. The van der Waals surface area contributed by atoms with Gasteiger partial charge >= 0.3 is 5.97 Å². The fourth-order valence-corrected chi connectivity index (χ4v) is 2.04. The minimum Gasteiger partial charge on any atom is -0.454 e. The number of carbonyl (C=O) groups excluding carboxylic acids is 3. The summed E-state index contributed by atoms with van der Waals surface area (Å²) in [6, 6.07) is 11.3. The van der Waals surface area contributed by atoms with E-state index in [9.17, 15) is 24.5 Å². The number of ketones is 1. The van der Waals surface area contributed by atoms with Crippen molar-refractivity contribution in [2.75, 3.05) is 11.9 Å². The molecule has 2 rings (SSSR count). The number of ether oxygens (including phenoxy) is 1. The number of para-hydroxylation sites is 1. The maximum atomic E-state index is 12.1. The summed E-state index contributed by atoms with van der Waals surface area (Å²) in [6.07, 6.45) is 0. The molecular formula is C17H14N2O6. The molecule has 2 aromatic rings. The van der Waals surface area contributed by atoms with E-state index in [1.54, 1.807) is 12.1 Å². The summed E-state index contributed by atoms with van der Waals surface area (Å²) >= 11 is 0. The van der Waals surface area contributed by atoms with E-state index in [0.29, 0.717) is 0 Å². The van der Waals surface area contributed by atoms with Crippen LogP contribution in [0, 0.1) is 10.1 Å². The zero-order valence-electron chi connectivity index (χ0n) is 13.2. The second kappa shape index (κ2) is 7.82. The fraction of sp³-hybridized carbons (Fsp3) is 0.118. The topological polar surface area (TPSA) is 116 Å². The lowest BCUT2D eigenvalue weighted by atomic mass is 10.1. The zero-order valence-corrected chi connectivity index (χ0v) is 13.2. The standard InChI is InChI=1S/C17H14N2O6/c1-11(20)18-15-8-3-2-7-14(15)17(22)25-10-16(21)12-5-4-6-13(9-12)19(23)24/h2-9H,10H2,1H3,(H,18,20). The summed E-state index contributed by atoms with van der Waals surface area (Å²) in [7, 11) is 0. The lowest BCUT2D eigenvalue weighted by molar-refractivity contribution is -0.384. The molecule has 0 heterocycles. The first kappa shape index (κ1) is 17.8. The molecule has 2 aromatic carbocycles. The van der Waals surface area contributed by atoms with Crippen LogP contribution in [0.2, 0.25) is 0 Å². The molecular weight excluding hydrogens is 328 g/mol. The monoisotopic (exact) mass is 342 g/mol. The zero-order chi connectivity index (χ0) is 18.4. The van der Waals surface area contributed by atoms with E-state index < -0.39 is 23.3 Å². The molecule has 25 heavy (non-hydrogen) atoms. The molecule has 0 aliphatic rings. The van der Waals surface area contributed by atoms with E-state index in [1.165, 1.54) is 37.3 Å². The summed E-state index contributed by atoms with van der Waals surface area (Å²) in [5, 5.41) is 13.2. The average molecular weight is 342 g/mol. The Bertz CT molecular complexity index is 847. The molecule has 0 spiro atoms. The summed E-state index contributed by atoms with van der Waals surface area (Å²) in [5.74, 6) is -1.72. The fourth-order valence-electron chi connectivity index (χ4n) is 2.04. The lowest BCUT2D eigenvalue weighted by Gasteiger charge is -2.09. The number of nitrogens with zero attached hydrogens (tertiary/aromatic N) is 1. The van der Waals surface area contributed by atoms with Crippen molar-refractivity contribution in [2.45, 2.75) is 6.92 Å². The van der Waals surface area contributed by atoms with E-state index in [0.717, 1.165) is 6.07 Å². The first-order chi connectivity index (χ1) is 11.9. The van der Waals surface area contributed by atoms with Crippen molar-refractivity contribution in [3.05, 3.63) is 69.8 Å². The Hall–Kier alpha value is -3.55. The molecule has 1 amide bonds. The van der Waals surface area contributed by atoms with Crippen molar-refractivity contribution in [3.63, 3.8) is 0 Å². The number of anilines is 1. The molecule has 0 saturated carbocycles. The smallest absolute Gasteiger partial charge is 0.340 e. The Labute approximate surface area is 142 Å². The summed E-state index contributed by atoms with van der Waals surface area (Å²) in [4.78, 5) is 45.4. The van der Waals surface area contributed by atoms with Gasteiger partial charge in [-0.05, 0) is 12.1 Å². The van der Waals surface area contributed by atoms with Gasteiger partial charge in [-0.25, -0.2) is 4.79 Å². The number of nitro benzene ring substituents is 1. The highest BCUT2D eigenvalue weighted by molar-refractivity contribution is 6.03. The molecule has 0 aliphatic heterocycles. The lowest BCUT2D eigenvalue weighted by Crippen LogP contribution is -2.17. The molecule has 0 unspecified atom stereocenters. The SMILES string of the molecule is CC(=O)Nc1ccccc1C(=O)OCC(=O)c1cccc([N+](=O)[O-])c1. The molecule has 0 fully saturated rings. The first-order valence-corrected chi connectivity index (χ1v) is 7.20. The van der Waals surface area contributed by atoms with E-state index in [4.69, 9.17) is 4.74 Å². The van der Waals surface area contributed by atoms with Gasteiger partial charge in [-0.3, -0.25) is 19.7 Å². The molecule has 128 valence electrons. The van der Waals surface area contributed by atoms with Crippen molar-refractivity contribution in [1.29, 1.82) is 0 Å². The highest BCUT2D eigenvalue weighted by atomic mass is 16.6. The second-order valence-electron chi connectivity index (χ2n) is 5.03. The van der Waals surface area contributed by atoms with Crippen molar-refractivity contribution >= 4 is 29.0 Å². The summed E-state index contributed by atoms with van der Waals surface area (Å²) < 4.78 is 4.96. The molecule has 8 heteroatoms. The van der Waals surface area contributed by atoms with Crippen LogP contribution >= 0.6 is 0 Å². The Morgan fingerprint density at radius 3 is 2.52 bits per heavy atom. The van der Waals surface area contributed by atoms with Crippen LogP contribution in [0.15, 0.2) is 48.5 Å². The maximum absolute atomic E-state index is 12.1. The molecule has 0 aromatic heterocycles. The van der Waals surface area contributed by atoms with Crippen LogP contribution in [0.4, 0.5) is 11.4 Å². The number of esters is 1. The third kappa shape index (κ3) is 4.71. The number of amides is 1. The van der Waals surface area contributed by atoms with Gasteiger partial charge in [-0.1, -0.05) is 24.3 Å². The van der Waals surface area contributed by atoms with Gasteiger partial charge < -0.3 is 10.1 Å². The first-order valence-electron chi connectivity index (χ1n) is 7.20. The van der Waals surface area contributed by atoms with Crippen LogP contribution in [0.25, 0.3) is 0 Å². The van der Waals surface area contributed by atoms with Gasteiger partial charge in [-0.2, -0.15) is 0 Å². The van der Waals surface area contributed by atoms with Gasteiger partial charge in [0.1, 0.15) is 0 Å². The molecule has 1 N–H and O–H groups in total. The normalized spacial score (nSPS) is 9.96.